The van der Waals surface area contributed by atoms with Crippen LogP contribution in [-0.2, 0) is 14.3 Å². The smallest absolute Gasteiger partial charge is 0.397 e. The van der Waals surface area contributed by atoms with Gasteiger partial charge in [-0.3, -0.25) is 4.79 Å². The molecule has 104 valence electrons. The summed E-state index contributed by atoms with van der Waals surface area (Å²) in [4.78, 5) is 23.5. The minimum absolute atomic E-state index is 0.0857. The van der Waals surface area contributed by atoms with Crippen molar-refractivity contribution in [2.45, 2.75) is 12.2 Å². The number of hydrogen-bond acceptors (Lipinski definition) is 4. The number of alkyl halides is 3. The van der Waals surface area contributed by atoms with Gasteiger partial charge in [-0.25, -0.2) is 4.79 Å². The summed E-state index contributed by atoms with van der Waals surface area (Å²) < 4.78 is 40.6. The lowest BCUT2D eigenvalue weighted by Gasteiger charge is -2.32. The van der Waals surface area contributed by atoms with Gasteiger partial charge in [0.05, 0.1) is 24.7 Å². The third-order valence-corrected chi connectivity index (χ3v) is 3.21. The standard InChI is InChI=1S/C9H12F3NO4S/c10-9(11,12)5-18-4-7(14)13-1-2-17-3-6(13)8(15)16/h6H,1-5H2,(H,15,16). The van der Waals surface area contributed by atoms with E-state index in [-0.39, 0.29) is 25.5 Å². The number of nitrogens with zero attached hydrogens (tertiary/aromatic N) is 1. The van der Waals surface area contributed by atoms with Crippen LogP contribution in [0.5, 0.6) is 0 Å². The van der Waals surface area contributed by atoms with Crippen molar-refractivity contribution >= 4 is 23.6 Å². The maximum absolute atomic E-state index is 11.9. The van der Waals surface area contributed by atoms with Gasteiger partial charge in [-0.05, 0) is 0 Å². The number of morpholine rings is 1. The van der Waals surface area contributed by atoms with Crippen LogP contribution in [0.25, 0.3) is 0 Å². The van der Waals surface area contributed by atoms with Crippen LogP contribution in [0.2, 0.25) is 0 Å². The molecule has 0 spiro atoms. The number of hydrogen-bond donors (Lipinski definition) is 1. The van der Waals surface area contributed by atoms with Crippen molar-refractivity contribution in [2.75, 3.05) is 31.3 Å². The Morgan fingerprint density at radius 1 is 1.44 bits per heavy atom. The summed E-state index contributed by atoms with van der Waals surface area (Å²) in [6.45, 7) is 0.146. The number of amides is 1. The van der Waals surface area contributed by atoms with Gasteiger partial charge in [0.2, 0.25) is 5.91 Å². The number of aliphatic carboxylic acids is 1. The number of ether oxygens (including phenoxy) is 1. The third-order valence-electron chi connectivity index (χ3n) is 2.23. The Kier molecular flexibility index (Phi) is 5.27. The van der Waals surface area contributed by atoms with E-state index in [9.17, 15) is 22.8 Å². The molecule has 0 aliphatic carbocycles. The molecule has 0 radical (unpaired) electrons. The molecule has 1 rings (SSSR count). The van der Waals surface area contributed by atoms with E-state index < -0.39 is 29.8 Å². The van der Waals surface area contributed by atoms with Crippen LogP contribution in [-0.4, -0.2) is 65.4 Å². The number of carbonyl (C=O) groups is 2. The first kappa shape index (κ1) is 15.1. The molecule has 1 heterocycles. The number of carboxylic acids is 1. The monoisotopic (exact) mass is 287 g/mol. The molecular weight excluding hydrogens is 275 g/mol. The molecule has 9 heteroatoms. The second-order valence-electron chi connectivity index (χ2n) is 3.62. The van der Waals surface area contributed by atoms with Crippen LogP contribution in [0.1, 0.15) is 0 Å². The van der Waals surface area contributed by atoms with E-state index in [4.69, 9.17) is 9.84 Å². The lowest BCUT2D eigenvalue weighted by molar-refractivity contribution is -0.157. The number of thioether (sulfide) groups is 1. The predicted octanol–water partition coefficient (Wildman–Crippen LogP) is 0.594. The maximum atomic E-state index is 11.9. The Labute approximate surface area is 105 Å². The van der Waals surface area contributed by atoms with Crippen LogP contribution in [0.15, 0.2) is 0 Å². The summed E-state index contributed by atoms with van der Waals surface area (Å²) in [6.07, 6.45) is -4.33. The Morgan fingerprint density at radius 2 is 2.11 bits per heavy atom. The molecule has 0 bridgehead atoms. The molecule has 1 aliphatic rings. The highest BCUT2D eigenvalue weighted by Crippen LogP contribution is 2.21. The van der Waals surface area contributed by atoms with Crippen LogP contribution in [0, 0.1) is 0 Å². The fraction of sp³-hybridized carbons (Fsp3) is 0.778. The molecule has 1 aliphatic heterocycles. The summed E-state index contributed by atoms with van der Waals surface area (Å²) in [5, 5.41) is 8.85. The number of carbonyl (C=O) groups excluding carboxylic acids is 1. The Balaban J connectivity index is 2.46. The van der Waals surface area contributed by atoms with E-state index in [1.807, 2.05) is 0 Å². The molecule has 1 N–H and O–H groups in total. The minimum Gasteiger partial charge on any atom is -0.480 e. The molecule has 0 aromatic rings. The summed E-state index contributed by atoms with van der Waals surface area (Å²) in [5.41, 5.74) is 0. The zero-order chi connectivity index (χ0) is 13.8. The fourth-order valence-corrected chi connectivity index (χ4v) is 2.12. The second kappa shape index (κ2) is 6.28. The van der Waals surface area contributed by atoms with E-state index in [0.717, 1.165) is 4.90 Å². The molecule has 1 fully saturated rings. The molecule has 18 heavy (non-hydrogen) atoms. The van der Waals surface area contributed by atoms with Crippen LogP contribution in [0.3, 0.4) is 0 Å². The Hall–Kier alpha value is -0.960. The van der Waals surface area contributed by atoms with Crippen molar-refractivity contribution in [3.05, 3.63) is 0 Å². The van der Waals surface area contributed by atoms with Crippen molar-refractivity contribution in [2.24, 2.45) is 0 Å². The van der Waals surface area contributed by atoms with Gasteiger partial charge >= 0.3 is 12.1 Å². The lowest BCUT2D eigenvalue weighted by atomic mass is 10.2. The molecule has 1 atom stereocenters. The van der Waals surface area contributed by atoms with Crippen LogP contribution in [0.4, 0.5) is 13.2 Å². The first-order chi connectivity index (χ1) is 8.31. The normalized spacial score (nSPS) is 20.8. The molecule has 1 unspecified atom stereocenters. The average Bonchev–Trinajstić information content (AvgIpc) is 2.27. The van der Waals surface area contributed by atoms with Gasteiger partial charge in [0, 0.05) is 6.54 Å². The van der Waals surface area contributed by atoms with Crippen molar-refractivity contribution in [3.8, 4) is 0 Å². The summed E-state index contributed by atoms with van der Waals surface area (Å²) >= 11 is 0.426. The Morgan fingerprint density at radius 3 is 2.67 bits per heavy atom. The summed E-state index contributed by atoms with van der Waals surface area (Å²) in [7, 11) is 0. The van der Waals surface area contributed by atoms with Gasteiger partial charge in [0.25, 0.3) is 0 Å². The molecule has 1 amide bonds. The van der Waals surface area contributed by atoms with Crippen molar-refractivity contribution in [3.63, 3.8) is 0 Å². The number of carboxylic acid groups (broad SMARTS) is 1. The SMILES string of the molecule is O=C(O)C1COCCN1C(=O)CSCC(F)(F)F. The highest BCUT2D eigenvalue weighted by Gasteiger charge is 2.33. The lowest BCUT2D eigenvalue weighted by Crippen LogP contribution is -2.53. The summed E-state index contributed by atoms with van der Waals surface area (Å²) in [6, 6.07) is -1.11. The van der Waals surface area contributed by atoms with E-state index in [0.29, 0.717) is 11.8 Å². The van der Waals surface area contributed by atoms with Crippen molar-refractivity contribution in [1.29, 1.82) is 0 Å². The first-order valence-corrected chi connectivity index (χ1v) is 6.21. The van der Waals surface area contributed by atoms with Gasteiger partial charge in [0.15, 0.2) is 6.04 Å². The van der Waals surface area contributed by atoms with Crippen LogP contribution >= 0.6 is 11.8 Å². The maximum Gasteiger partial charge on any atom is 0.397 e. The molecule has 0 aromatic heterocycles. The fourth-order valence-electron chi connectivity index (χ4n) is 1.44. The molecule has 1 saturated heterocycles. The largest absolute Gasteiger partial charge is 0.480 e. The topological polar surface area (TPSA) is 66.8 Å². The van der Waals surface area contributed by atoms with E-state index in [2.05, 4.69) is 0 Å². The minimum atomic E-state index is -4.33. The number of halogens is 3. The van der Waals surface area contributed by atoms with E-state index >= 15 is 0 Å². The van der Waals surface area contributed by atoms with Crippen molar-refractivity contribution < 1.29 is 32.6 Å². The van der Waals surface area contributed by atoms with Gasteiger partial charge in [-0.2, -0.15) is 13.2 Å². The molecular formula is C9H12F3NO4S. The van der Waals surface area contributed by atoms with Gasteiger partial charge in [0.1, 0.15) is 0 Å². The molecule has 5 nitrogen and oxygen atoms in total. The predicted molar refractivity (Wildman–Crippen MR) is 57.3 cm³/mol. The zero-order valence-electron chi connectivity index (χ0n) is 9.27. The van der Waals surface area contributed by atoms with Crippen molar-refractivity contribution in [1.82, 2.24) is 4.90 Å². The van der Waals surface area contributed by atoms with Crippen LogP contribution < -0.4 is 0 Å². The highest BCUT2D eigenvalue weighted by atomic mass is 32.2. The Bertz CT molecular complexity index is 323. The quantitative estimate of drug-likeness (QED) is 0.820. The van der Waals surface area contributed by atoms with Gasteiger partial charge in [-0.1, -0.05) is 0 Å². The average molecular weight is 287 g/mol. The first-order valence-electron chi connectivity index (χ1n) is 5.06. The number of rotatable bonds is 4. The van der Waals surface area contributed by atoms with E-state index in [1.165, 1.54) is 0 Å². The zero-order valence-corrected chi connectivity index (χ0v) is 10.1. The van der Waals surface area contributed by atoms with Gasteiger partial charge in [-0.15, -0.1) is 11.8 Å². The summed E-state index contributed by atoms with van der Waals surface area (Å²) in [5.74, 6) is -3.34. The molecule has 0 saturated carbocycles. The highest BCUT2D eigenvalue weighted by molar-refractivity contribution is 8.00. The third kappa shape index (κ3) is 4.73. The molecule has 0 aromatic carbocycles. The van der Waals surface area contributed by atoms with E-state index in [1.54, 1.807) is 0 Å². The second-order valence-corrected chi connectivity index (χ2v) is 4.61. The van der Waals surface area contributed by atoms with Gasteiger partial charge < -0.3 is 14.7 Å².